The van der Waals surface area contributed by atoms with Crippen LogP contribution in [0.5, 0.6) is 0 Å². The third kappa shape index (κ3) is 4.16. The van der Waals surface area contributed by atoms with E-state index in [1.807, 2.05) is 13.8 Å². The van der Waals surface area contributed by atoms with Crippen LogP contribution in [0.3, 0.4) is 0 Å². The van der Waals surface area contributed by atoms with Crippen molar-refractivity contribution >= 4 is 5.91 Å². The second-order valence-corrected chi connectivity index (χ2v) is 7.42. The first-order chi connectivity index (χ1) is 11.5. The third-order valence-corrected chi connectivity index (χ3v) is 5.61. The molecule has 1 aliphatic carbocycles. The Morgan fingerprint density at radius 1 is 1.29 bits per heavy atom. The Bertz CT molecular complexity index is 544. The van der Waals surface area contributed by atoms with Gasteiger partial charge in [0.25, 0.3) is 0 Å². The van der Waals surface area contributed by atoms with E-state index in [4.69, 9.17) is 10.2 Å². The van der Waals surface area contributed by atoms with Crippen LogP contribution in [0, 0.1) is 25.7 Å². The molecule has 0 bridgehead atoms. The highest BCUT2D eigenvalue weighted by Gasteiger charge is 2.30. The fraction of sp³-hybridized carbons (Fsp3) is 0.778. The number of amides is 1. The van der Waals surface area contributed by atoms with Crippen molar-refractivity contribution in [2.45, 2.75) is 58.5 Å². The number of nitrogens with zero attached hydrogens (tertiary/aromatic N) is 2. The van der Waals surface area contributed by atoms with Crippen LogP contribution in [-0.2, 0) is 11.3 Å². The molecule has 2 atom stereocenters. The fourth-order valence-electron chi connectivity index (χ4n) is 3.84. The Balaban J connectivity index is 1.38. The predicted molar refractivity (Wildman–Crippen MR) is 92.3 cm³/mol. The van der Waals surface area contributed by atoms with Crippen molar-refractivity contribution < 1.29 is 9.21 Å². The molecular formula is C18H30N4O2. The molecule has 1 amide bonds. The lowest BCUT2D eigenvalue weighted by Gasteiger charge is -2.31. The Kier molecular flexibility index (Phi) is 5.56. The van der Waals surface area contributed by atoms with Gasteiger partial charge in [-0.15, -0.1) is 0 Å². The largest absolute Gasteiger partial charge is 0.444 e. The van der Waals surface area contributed by atoms with Crippen LogP contribution in [0.4, 0.5) is 0 Å². The van der Waals surface area contributed by atoms with Gasteiger partial charge in [0.15, 0.2) is 0 Å². The summed E-state index contributed by atoms with van der Waals surface area (Å²) in [5, 5.41) is 3.13. The number of carbonyl (C=O) groups is 1. The Labute approximate surface area is 144 Å². The molecule has 6 heteroatoms. The maximum absolute atomic E-state index is 12.2. The first kappa shape index (κ1) is 17.4. The number of aryl methyl sites for hydroxylation is 2. The van der Waals surface area contributed by atoms with E-state index >= 15 is 0 Å². The Hall–Kier alpha value is -1.40. The minimum Gasteiger partial charge on any atom is -0.444 e. The van der Waals surface area contributed by atoms with E-state index in [1.165, 1.54) is 0 Å². The number of nitrogens with one attached hydrogen (secondary N) is 1. The van der Waals surface area contributed by atoms with Crippen LogP contribution in [0.15, 0.2) is 4.42 Å². The summed E-state index contributed by atoms with van der Waals surface area (Å²) in [6.45, 7) is 7.57. The third-order valence-electron chi connectivity index (χ3n) is 5.61. The zero-order valence-electron chi connectivity index (χ0n) is 14.9. The van der Waals surface area contributed by atoms with Crippen molar-refractivity contribution in [3.63, 3.8) is 0 Å². The van der Waals surface area contributed by atoms with Gasteiger partial charge in [0, 0.05) is 12.6 Å². The van der Waals surface area contributed by atoms with Crippen molar-refractivity contribution in [2.24, 2.45) is 17.6 Å². The summed E-state index contributed by atoms with van der Waals surface area (Å²) in [6, 6.07) is 0.0551. The van der Waals surface area contributed by atoms with Gasteiger partial charge in [-0.25, -0.2) is 4.98 Å². The SMILES string of the molecule is Cc1nc(CN2CCC(CNC(=O)[C@H]3CCC[C@@H]3N)CC2)oc1C. The van der Waals surface area contributed by atoms with Crippen molar-refractivity contribution in [3.05, 3.63) is 17.3 Å². The molecule has 24 heavy (non-hydrogen) atoms. The number of oxazole rings is 1. The molecule has 1 saturated carbocycles. The van der Waals surface area contributed by atoms with E-state index in [0.717, 1.165) is 75.6 Å². The lowest BCUT2D eigenvalue weighted by Crippen LogP contribution is -2.42. The molecular weight excluding hydrogens is 304 g/mol. The zero-order chi connectivity index (χ0) is 17.1. The molecule has 1 saturated heterocycles. The van der Waals surface area contributed by atoms with E-state index < -0.39 is 0 Å². The van der Waals surface area contributed by atoms with E-state index in [-0.39, 0.29) is 17.9 Å². The van der Waals surface area contributed by atoms with Crippen LogP contribution in [0.2, 0.25) is 0 Å². The van der Waals surface area contributed by atoms with Gasteiger partial charge in [0.1, 0.15) is 5.76 Å². The maximum atomic E-state index is 12.2. The molecule has 0 unspecified atom stereocenters. The molecule has 1 aromatic rings. The van der Waals surface area contributed by atoms with Crippen molar-refractivity contribution in [1.82, 2.24) is 15.2 Å². The van der Waals surface area contributed by atoms with Crippen LogP contribution in [0.25, 0.3) is 0 Å². The van der Waals surface area contributed by atoms with Crippen molar-refractivity contribution in [2.75, 3.05) is 19.6 Å². The molecule has 2 fully saturated rings. The van der Waals surface area contributed by atoms with Gasteiger partial charge in [0.2, 0.25) is 11.8 Å². The van der Waals surface area contributed by atoms with Crippen molar-refractivity contribution in [1.29, 1.82) is 0 Å². The minimum absolute atomic E-state index is 0.0293. The van der Waals surface area contributed by atoms with Crippen LogP contribution >= 0.6 is 0 Å². The minimum atomic E-state index is 0.0293. The average molecular weight is 334 g/mol. The lowest BCUT2D eigenvalue weighted by atomic mass is 9.96. The quantitative estimate of drug-likeness (QED) is 0.857. The average Bonchev–Trinajstić information content (AvgIpc) is 3.12. The second kappa shape index (κ2) is 7.66. The van der Waals surface area contributed by atoms with Gasteiger partial charge < -0.3 is 15.5 Å². The number of aromatic nitrogens is 1. The Morgan fingerprint density at radius 2 is 2.04 bits per heavy atom. The van der Waals surface area contributed by atoms with Crippen LogP contribution in [0.1, 0.15) is 49.4 Å². The van der Waals surface area contributed by atoms with Crippen molar-refractivity contribution in [3.8, 4) is 0 Å². The summed E-state index contributed by atoms with van der Waals surface area (Å²) in [6.07, 6.45) is 5.22. The topological polar surface area (TPSA) is 84.4 Å². The van der Waals surface area contributed by atoms with Gasteiger partial charge in [-0.1, -0.05) is 6.42 Å². The van der Waals surface area contributed by atoms with Gasteiger partial charge in [-0.3, -0.25) is 9.69 Å². The number of nitrogens with two attached hydrogens (primary N) is 1. The second-order valence-electron chi connectivity index (χ2n) is 7.42. The fourth-order valence-corrected chi connectivity index (χ4v) is 3.84. The number of carbonyl (C=O) groups excluding carboxylic acids is 1. The number of hydrogen-bond donors (Lipinski definition) is 2. The molecule has 0 spiro atoms. The van der Waals surface area contributed by atoms with E-state index in [9.17, 15) is 4.79 Å². The standard InChI is InChI=1S/C18H30N4O2/c1-12-13(2)24-17(21-12)11-22-8-6-14(7-9-22)10-20-18(23)15-4-3-5-16(15)19/h14-16H,3-11,19H2,1-2H3,(H,20,23)/t15-,16-/m0/s1. The molecule has 3 rings (SSSR count). The lowest BCUT2D eigenvalue weighted by molar-refractivity contribution is -0.125. The van der Waals surface area contributed by atoms with E-state index in [2.05, 4.69) is 15.2 Å². The molecule has 1 aliphatic heterocycles. The maximum Gasteiger partial charge on any atom is 0.224 e. The molecule has 0 aromatic carbocycles. The van der Waals surface area contributed by atoms with Crippen LogP contribution in [-0.4, -0.2) is 41.5 Å². The van der Waals surface area contributed by atoms with Crippen LogP contribution < -0.4 is 11.1 Å². The number of hydrogen-bond acceptors (Lipinski definition) is 5. The predicted octanol–water partition coefficient (Wildman–Crippen LogP) is 1.75. The Morgan fingerprint density at radius 3 is 2.62 bits per heavy atom. The van der Waals surface area contributed by atoms with E-state index in [1.54, 1.807) is 0 Å². The number of rotatable bonds is 5. The summed E-state index contributed by atoms with van der Waals surface area (Å²) >= 11 is 0. The highest BCUT2D eigenvalue weighted by molar-refractivity contribution is 5.79. The summed E-state index contributed by atoms with van der Waals surface area (Å²) in [7, 11) is 0. The normalized spacial score (nSPS) is 26.0. The molecule has 134 valence electrons. The first-order valence-corrected chi connectivity index (χ1v) is 9.21. The highest BCUT2D eigenvalue weighted by atomic mass is 16.4. The smallest absolute Gasteiger partial charge is 0.224 e. The van der Waals surface area contributed by atoms with Gasteiger partial charge in [-0.2, -0.15) is 0 Å². The van der Waals surface area contributed by atoms with Gasteiger partial charge in [0.05, 0.1) is 18.2 Å². The number of piperidine rings is 1. The summed E-state index contributed by atoms with van der Waals surface area (Å²) < 4.78 is 5.67. The summed E-state index contributed by atoms with van der Waals surface area (Å²) in [5.41, 5.74) is 6.99. The molecule has 6 nitrogen and oxygen atoms in total. The molecule has 3 N–H and O–H groups in total. The highest BCUT2D eigenvalue weighted by Crippen LogP contribution is 2.24. The number of likely N-dealkylation sites (tertiary alicyclic amines) is 1. The summed E-state index contributed by atoms with van der Waals surface area (Å²) in [4.78, 5) is 19.1. The van der Waals surface area contributed by atoms with Gasteiger partial charge in [-0.05, 0) is 58.5 Å². The molecule has 2 aliphatic rings. The summed E-state index contributed by atoms with van der Waals surface area (Å²) in [5.74, 6) is 2.48. The molecule has 0 radical (unpaired) electrons. The first-order valence-electron chi connectivity index (χ1n) is 9.21. The molecule has 1 aromatic heterocycles. The molecule has 2 heterocycles. The zero-order valence-corrected chi connectivity index (χ0v) is 14.9. The van der Waals surface area contributed by atoms with Gasteiger partial charge >= 0.3 is 0 Å². The van der Waals surface area contributed by atoms with E-state index in [0.29, 0.717) is 5.92 Å². The monoisotopic (exact) mass is 334 g/mol.